The second-order valence-electron chi connectivity index (χ2n) is 5.90. The van der Waals surface area contributed by atoms with E-state index in [2.05, 4.69) is 17.3 Å². The van der Waals surface area contributed by atoms with Gasteiger partial charge in [0.2, 0.25) is 5.91 Å². The third-order valence-corrected chi connectivity index (χ3v) is 4.13. The summed E-state index contributed by atoms with van der Waals surface area (Å²) in [4.78, 5) is 34.8. The van der Waals surface area contributed by atoms with Crippen LogP contribution < -0.4 is 16.4 Å². The second-order valence-corrected chi connectivity index (χ2v) is 5.90. The largest absolute Gasteiger partial charge is 0.394 e. The van der Waals surface area contributed by atoms with Crippen LogP contribution in [0.25, 0.3) is 0 Å². The lowest BCUT2D eigenvalue weighted by Crippen LogP contribution is -2.54. The van der Waals surface area contributed by atoms with Gasteiger partial charge in [0.1, 0.15) is 6.54 Å². The monoisotopic (exact) mass is 295 g/mol. The molecule has 1 aromatic heterocycles. The molecule has 7 nitrogen and oxygen atoms in total. The van der Waals surface area contributed by atoms with E-state index in [0.717, 1.165) is 42.5 Å². The Labute approximate surface area is 122 Å². The van der Waals surface area contributed by atoms with Crippen LogP contribution in [0.5, 0.6) is 0 Å². The maximum atomic E-state index is 12.1. The van der Waals surface area contributed by atoms with Crippen molar-refractivity contribution in [3.63, 3.8) is 0 Å². The number of aromatic amines is 1. The minimum absolute atomic E-state index is 0.119. The van der Waals surface area contributed by atoms with Gasteiger partial charge in [0.05, 0.1) is 12.1 Å². The highest BCUT2D eigenvalue weighted by atomic mass is 16.3. The highest BCUT2D eigenvalue weighted by Crippen LogP contribution is 2.31. The van der Waals surface area contributed by atoms with E-state index in [1.807, 2.05) is 0 Å². The fourth-order valence-corrected chi connectivity index (χ4v) is 2.70. The van der Waals surface area contributed by atoms with Gasteiger partial charge >= 0.3 is 0 Å². The highest BCUT2D eigenvalue weighted by molar-refractivity contribution is 5.76. The molecule has 1 aliphatic rings. The Kier molecular flexibility index (Phi) is 4.62. The lowest BCUT2D eigenvalue weighted by atomic mass is 9.77. The summed E-state index contributed by atoms with van der Waals surface area (Å²) in [6.07, 6.45) is 3.33. The summed E-state index contributed by atoms with van der Waals surface area (Å²) in [5.41, 5.74) is -1.49. The number of carbonyl (C=O) groups is 1. The first kappa shape index (κ1) is 15.5. The molecule has 0 radical (unpaired) electrons. The van der Waals surface area contributed by atoms with E-state index >= 15 is 0 Å². The molecule has 1 saturated carbocycles. The smallest absolute Gasteiger partial charge is 0.265 e. The molecule has 1 heterocycles. The van der Waals surface area contributed by atoms with Gasteiger partial charge in [-0.15, -0.1) is 0 Å². The van der Waals surface area contributed by atoms with Crippen molar-refractivity contribution in [3.8, 4) is 0 Å². The minimum Gasteiger partial charge on any atom is -0.394 e. The van der Waals surface area contributed by atoms with Crippen molar-refractivity contribution in [3.05, 3.63) is 32.8 Å². The molecule has 0 unspecified atom stereocenters. The van der Waals surface area contributed by atoms with Gasteiger partial charge in [0.25, 0.3) is 11.1 Å². The average Bonchev–Trinajstić information content (AvgIpc) is 2.46. The van der Waals surface area contributed by atoms with Gasteiger partial charge in [-0.2, -0.15) is 0 Å². The van der Waals surface area contributed by atoms with Crippen LogP contribution in [0.15, 0.2) is 21.7 Å². The summed E-state index contributed by atoms with van der Waals surface area (Å²) in [7, 11) is 0. The Morgan fingerprint density at radius 1 is 1.43 bits per heavy atom. The number of rotatable bonds is 4. The Morgan fingerprint density at radius 3 is 2.71 bits per heavy atom. The second kappa shape index (κ2) is 6.26. The zero-order chi connectivity index (χ0) is 15.5. The van der Waals surface area contributed by atoms with Crippen molar-refractivity contribution in [1.82, 2.24) is 15.1 Å². The van der Waals surface area contributed by atoms with Gasteiger partial charge in [-0.3, -0.25) is 19.5 Å². The molecule has 0 spiro atoms. The molecule has 0 atom stereocenters. The average molecular weight is 295 g/mol. The molecule has 0 bridgehead atoms. The Balaban J connectivity index is 2.05. The molecule has 0 aromatic carbocycles. The Hall–Kier alpha value is -1.89. The number of hydrogen-bond acceptors (Lipinski definition) is 4. The van der Waals surface area contributed by atoms with Crippen LogP contribution in [-0.4, -0.2) is 32.9 Å². The summed E-state index contributed by atoms with van der Waals surface area (Å²) < 4.78 is 0.966. The molecule has 2 rings (SSSR count). The van der Waals surface area contributed by atoms with Crippen LogP contribution in [0.2, 0.25) is 0 Å². The van der Waals surface area contributed by atoms with Crippen molar-refractivity contribution in [1.29, 1.82) is 0 Å². The van der Waals surface area contributed by atoms with Gasteiger partial charge < -0.3 is 10.4 Å². The summed E-state index contributed by atoms with van der Waals surface area (Å²) in [6.45, 7) is 1.77. The first-order valence-corrected chi connectivity index (χ1v) is 7.16. The number of H-pyrrole nitrogens is 1. The standard InChI is InChI=1S/C14H21N3O4/c1-10-4-6-14(9-18,7-5-10)15-12(20)8-17-13(21)3-2-11(19)16-17/h2-3,10,18H,4-9H2,1H3,(H,15,20)(H,16,19). The normalized spacial score (nSPS) is 25.5. The van der Waals surface area contributed by atoms with Crippen LogP contribution >= 0.6 is 0 Å². The molecule has 1 amide bonds. The molecule has 1 fully saturated rings. The van der Waals surface area contributed by atoms with Crippen LogP contribution in [0, 0.1) is 5.92 Å². The molecule has 21 heavy (non-hydrogen) atoms. The van der Waals surface area contributed by atoms with Gasteiger partial charge in [-0.1, -0.05) is 6.92 Å². The van der Waals surface area contributed by atoms with Crippen LogP contribution in [0.1, 0.15) is 32.6 Å². The predicted molar refractivity (Wildman–Crippen MR) is 76.9 cm³/mol. The quantitative estimate of drug-likeness (QED) is 0.702. The molecule has 1 aliphatic carbocycles. The van der Waals surface area contributed by atoms with Gasteiger partial charge in [-0.25, -0.2) is 4.68 Å². The van der Waals surface area contributed by atoms with Crippen molar-refractivity contribution in [2.24, 2.45) is 5.92 Å². The highest BCUT2D eigenvalue weighted by Gasteiger charge is 2.34. The first-order valence-electron chi connectivity index (χ1n) is 7.16. The summed E-state index contributed by atoms with van der Waals surface area (Å²) in [6, 6.07) is 2.24. The number of carbonyl (C=O) groups excluding carboxylic acids is 1. The molecule has 0 saturated heterocycles. The van der Waals surface area contributed by atoms with Crippen molar-refractivity contribution in [2.45, 2.75) is 44.7 Å². The third-order valence-electron chi connectivity index (χ3n) is 4.13. The van der Waals surface area contributed by atoms with E-state index < -0.39 is 16.7 Å². The number of aliphatic hydroxyl groups is 1. The van der Waals surface area contributed by atoms with Crippen LogP contribution in [0.3, 0.4) is 0 Å². The SMILES string of the molecule is CC1CCC(CO)(NC(=O)Cn2[nH]c(=O)ccc2=O)CC1. The third kappa shape index (κ3) is 3.81. The minimum atomic E-state index is -0.609. The van der Waals surface area contributed by atoms with Gasteiger partial charge in [-0.05, 0) is 31.6 Å². The molecular formula is C14H21N3O4. The first-order chi connectivity index (χ1) is 9.94. The summed E-state index contributed by atoms with van der Waals surface area (Å²) >= 11 is 0. The molecule has 3 N–H and O–H groups in total. The maximum Gasteiger partial charge on any atom is 0.265 e. The van der Waals surface area contributed by atoms with E-state index in [-0.39, 0.29) is 19.1 Å². The summed E-state index contributed by atoms with van der Waals surface area (Å²) in [5.74, 6) is 0.206. The van der Waals surface area contributed by atoms with Crippen molar-refractivity contribution < 1.29 is 9.90 Å². The van der Waals surface area contributed by atoms with E-state index in [0.29, 0.717) is 5.92 Å². The number of nitrogens with one attached hydrogen (secondary N) is 2. The fraction of sp³-hybridized carbons (Fsp3) is 0.643. The maximum absolute atomic E-state index is 12.1. The Morgan fingerprint density at radius 2 is 2.10 bits per heavy atom. The fourth-order valence-electron chi connectivity index (χ4n) is 2.70. The number of hydrogen-bond donors (Lipinski definition) is 3. The lowest BCUT2D eigenvalue weighted by molar-refractivity contribution is -0.125. The number of aliphatic hydroxyl groups excluding tert-OH is 1. The van der Waals surface area contributed by atoms with Gasteiger partial charge in [0, 0.05) is 12.1 Å². The molecule has 7 heteroatoms. The van der Waals surface area contributed by atoms with Crippen LogP contribution in [-0.2, 0) is 11.3 Å². The van der Waals surface area contributed by atoms with Crippen LogP contribution in [0.4, 0.5) is 0 Å². The van der Waals surface area contributed by atoms with Gasteiger partial charge in [0.15, 0.2) is 0 Å². The number of aromatic nitrogens is 2. The zero-order valence-corrected chi connectivity index (χ0v) is 12.1. The van der Waals surface area contributed by atoms with E-state index in [4.69, 9.17) is 0 Å². The van der Waals surface area contributed by atoms with E-state index in [1.54, 1.807) is 0 Å². The van der Waals surface area contributed by atoms with Crippen molar-refractivity contribution >= 4 is 5.91 Å². The number of amides is 1. The van der Waals surface area contributed by atoms with Crippen molar-refractivity contribution in [2.75, 3.05) is 6.61 Å². The predicted octanol–water partition coefficient (Wildman–Crippen LogP) is -0.406. The molecule has 1 aromatic rings. The molecule has 0 aliphatic heterocycles. The zero-order valence-electron chi connectivity index (χ0n) is 12.1. The van der Waals surface area contributed by atoms with E-state index in [1.165, 1.54) is 0 Å². The molecule has 116 valence electrons. The summed E-state index contributed by atoms with van der Waals surface area (Å²) in [5, 5.41) is 14.7. The molecular weight excluding hydrogens is 274 g/mol. The topological polar surface area (TPSA) is 104 Å². The lowest BCUT2D eigenvalue weighted by Gasteiger charge is -2.38. The number of nitrogens with zero attached hydrogens (tertiary/aromatic N) is 1. The Bertz CT molecular complexity index is 611. The van der Waals surface area contributed by atoms with E-state index in [9.17, 15) is 19.5 Å².